The van der Waals surface area contributed by atoms with Crippen molar-refractivity contribution in [3.63, 3.8) is 0 Å². The Morgan fingerprint density at radius 2 is 1.74 bits per heavy atom. The number of methoxy groups -OCH3 is 1. The zero-order valence-corrected chi connectivity index (χ0v) is 16.2. The molecule has 3 aromatic carbocycles. The third-order valence-corrected chi connectivity index (χ3v) is 4.78. The smallest absolute Gasteiger partial charge is 0.275 e. The van der Waals surface area contributed by atoms with E-state index in [4.69, 9.17) is 4.74 Å². The highest BCUT2D eigenvalue weighted by Crippen LogP contribution is 2.20. The molecule has 0 fully saturated rings. The summed E-state index contributed by atoms with van der Waals surface area (Å²) >= 11 is 0. The molecule has 3 aromatic rings. The Balaban J connectivity index is 1.55. The van der Waals surface area contributed by atoms with Gasteiger partial charge in [-0.25, -0.2) is 0 Å². The van der Waals surface area contributed by atoms with E-state index in [0.29, 0.717) is 6.54 Å². The number of benzene rings is 3. The fraction of sp³-hybridized carbons (Fsp3) is 0.261. The first-order chi connectivity index (χ1) is 13.0. The fourth-order valence-electron chi connectivity index (χ4n) is 3.28. The van der Waals surface area contributed by atoms with Crippen molar-refractivity contribution >= 4 is 16.7 Å². The van der Waals surface area contributed by atoms with Gasteiger partial charge in [-0.1, -0.05) is 36.4 Å². The van der Waals surface area contributed by atoms with Gasteiger partial charge >= 0.3 is 0 Å². The van der Waals surface area contributed by atoms with Crippen LogP contribution in [0, 0.1) is 0 Å². The predicted molar refractivity (Wildman–Crippen MR) is 109 cm³/mol. The number of quaternary nitrogens is 1. The topological polar surface area (TPSA) is 42.8 Å². The Labute approximate surface area is 160 Å². The number of amides is 1. The molecule has 1 unspecified atom stereocenters. The van der Waals surface area contributed by atoms with Crippen LogP contribution in [0.25, 0.3) is 10.8 Å². The van der Waals surface area contributed by atoms with Crippen LogP contribution in [0.15, 0.2) is 66.7 Å². The van der Waals surface area contributed by atoms with Crippen molar-refractivity contribution in [1.29, 1.82) is 0 Å². The SMILES string of the molecule is COc1ccc(C[NH+](C)CC(=O)N[C@H](C)c2ccc3ccccc3c2)cc1. The normalized spacial score (nSPS) is 13.1. The molecule has 2 atom stereocenters. The molecule has 140 valence electrons. The lowest BCUT2D eigenvalue weighted by molar-refractivity contribution is -0.885. The minimum atomic E-state index is -0.0177. The first kappa shape index (κ1) is 18.9. The highest BCUT2D eigenvalue weighted by Gasteiger charge is 2.14. The quantitative estimate of drug-likeness (QED) is 0.678. The Morgan fingerprint density at radius 1 is 1.04 bits per heavy atom. The second kappa shape index (κ2) is 8.69. The minimum absolute atomic E-state index is 0.0177. The molecule has 0 heterocycles. The number of hydrogen-bond acceptors (Lipinski definition) is 2. The van der Waals surface area contributed by atoms with E-state index in [1.165, 1.54) is 16.3 Å². The maximum absolute atomic E-state index is 12.4. The summed E-state index contributed by atoms with van der Waals surface area (Å²) in [6.07, 6.45) is 0. The number of ether oxygens (including phenoxy) is 1. The third-order valence-electron chi connectivity index (χ3n) is 4.78. The van der Waals surface area contributed by atoms with Gasteiger partial charge in [0.2, 0.25) is 0 Å². The molecule has 4 nitrogen and oxygen atoms in total. The van der Waals surface area contributed by atoms with Crippen LogP contribution in [-0.4, -0.2) is 26.6 Å². The third kappa shape index (κ3) is 5.08. The zero-order valence-electron chi connectivity index (χ0n) is 16.2. The van der Waals surface area contributed by atoms with Crippen LogP contribution in [0.2, 0.25) is 0 Å². The van der Waals surface area contributed by atoms with Crippen molar-refractivity contribution in [2.24, 2.45) is 0 Å². The van der Waals surface area contributed by atoms with E-state index in [2.05, 4.69) is 35.6 Å². The van der Waals surface area contributed by atoms with Gasteiger partial charge in [-0.2, -0.15) is 0 Å². The number of carbonyl (C=O) groups excluding carboxylic acids is 1. The Bertz CT molecular complexity index is 906. The monoisotopic (exact) mass is 363 g/mol. The Hall–Kier alpha value is -2.85. The molecular weight excluding hydrogens is 336 g/mol. The second-order valence-corrected chi connectivity index (χ2v) is 7.05. The number of fused-ring (bicyclic) bond motifs is 1. The first-order valence-electron chi connectivity index (χ1n) is 9.27. The molecule has 0 aliphatic rings. The summed E-state index contributed by atoms with van der Waals surface area (Å²) in [5.74, 6) is 0.903. The molecule has 0 spiro atoms. The number of hydrogen-bond donors (Lipinski definition) is 2. The molecule has 0 saturated heterocycles. The van der Waals surface area contributed by atoms with Gasteiger partial charge in [-0.15, -0.1) is 0 Å². The van der Waals surface area contributed by atoms with Gasteiger partial charge in [-0.3, -0.25) is 4.79 Å². The van der Waals surface area contributed by atoms with Crippen LogP contribution in [0.3, 0.4) is 0 Å². The molecule has 0 aliphatic heterocycles. The van der Waals surface area contributed by atoms with Crippen LogP contribution >= 0.6 is 0 Å². The molecule has 0 bridgehead atoms. The van der Waals surface area contributed by atoms with E-state index in [9.17, 15) is 4.79 Å². The van der Waals surface area contributed by atoms with Gasteiger partial charge < -0.3 is 15.0 Å². The van der Waals surface area contributed by atoms with Crippen molar-refractivity contribution in [2.45, 2.75) is 19.5 Å². The maximum Gasteiger partial charge on any atom is 0.275 e. The maximum atomic E-state index is 12.4. The number of rotatable bonds is 7. The first-order valence-corrected chi connectivity index (χ1v) is 9.27. The van der Waals surface area contributed by atoms with Crippen molar-refractivity contribution in [3.8, 4) is 5.75 Å². The average molecular weight is 363 g/mol. The van der Waals surface area contributed by atoms with E-state index in [1.54, 1.807) is 7.11 Å². The van der Waals surface area contributed by atoms with E-state index >= 15 is 0 Å². The Morgan fingerprint density at radius 3 is 2.44 bits per heavy atom. The van der Waals surface area contributed by atoms with Crippen LogP contribution in [0.4, 0.5) is 0 Å². The highest BCUT2D eigenvalue weighted by molar-refractivity contribution is 5.83. The molecule has 0 aromatic heterocycles. The van der Waals surface area contributed by atoms with Crippen LogP contribution < -0.4 is 15.0 Å². The molecular formula is C23H27N2O2+. The summed E-state index contributed by atoms with van der Waals surface area (Å²) in [5.41, 5.74) is 2.30. The largest absolute Gasteiger partial charge is 0.497 e. The van der Waals surface area contributed by atoms with Crippen molar-refractivity contribution in [1.82, 2.24) is 5.32 Å². The number of likely N-dealkylation sites (N-methyl/N-ethyl adjacent to an activating group) is 1. The lowest BCUT2D eigenvalue weighted by Gasteiger charge is -2.18. The Kier molecular flexibility index (Phi) is 6.09. The van der Waals surface area contributed by atoms with Gasteiger partial charge in [0.05, 0.1) is 20.2 Å². The minimum Gasteiger partial charge on any atom is -0.497 e. The summed E-state index contributed by atoms with van der Waals surface area (Å²) in [4.78, 5) is 13.6. The molecule has 3 rings (SSSR count). The lowest BCUT2D eigenvalue weighted by atomic mass is 10.0. The van der Waals surface area contributed by atoms with Gasteiger partial charge in [0.1, 0.15) is 12.3 Å². The molecule has 0 aliphatic carbocycles. The molecule has 1 amide bonds. The van der Waals surface area contributed by atoms with Gasteiger partial charge in [0, 0.05) is 5.56 Å². The summed E-state index contributed by atoms with van der Waals surface area (Å²) in [5, 5.41) is 5.52. The van der Waals surface area contributed by atoms with Crippen LogP contribution in [-0.2, 0) is 11.3 Å². The van der Waals surface area contributed by atoms with E-state index in [0.717, 1.165) is 22.8 Å². The highest BCUT2D eigenvalue weighted by atomic mass is 16.5. The molecule has 4 heteroatoms. The van der Waals surface area contributed by atoms with E-state index in [1.807, 2.05) is 50.4 Å². The van der Waals surface area contributed by atoms with Crippen molar-refractivity contribution in [3.05, 3.63) is 77.9 Å². The van der Waals surface area contributed by atoms with Crippen molar-refractivity contribution < 1.29 is 14.4 Å². The summed E-state index contributed by atoms with van der Waals surface area (Å²) < 4.78 is 5.18. The molecule has 0 radical (unpaired) electrons. The van der Waals surface area contributed by atoms with Gasteiger partial charge in [0.15, 0.2) is 6.54 Å². The van der Waals surface area contributed by atoms with Gasteiger partial charge in [0.25, 0.3) is 5.91 Å². The fourth-order valence-corrected chi connectivity index (χ4v) is 3.28. The summed E-state index contributed by atoms with van der Waals surface area (Å²) in [7, 11) is 3.69. The predicted octanol–water partition coefficient (Wildman–Crippen LogP) is 2.74. The van der Waals surface area contributed by atoms with Crippen LogP contribution in [0.5, 0.6) is 5.75 Å². The van der Waals surface area contributed by atoms with Crippen molar-refractivity contribution in [2.75, 3.05) is 20.7 Å². The van der Waals surface area contributed by atoms with Gasteiger partial charge in [-0.05, 0) is 53.6 Å². The molecule has 2 N–H and O–H groups in total. The average Bonchev–Trinajstić information content (AvgIpc) is 2.68. The second-order valence-electron chi connectivity index (χ2n) is 7.05. The standard InChI is InChI=1S/C23H26N2O2/c1-17(20-11-10-19-6-4-5-7-21(19)14-20)24-23(26)16-25(2)15-18-8-12-22(27-3)13-9-18/h4-14,17H,15-16H2,1-3H3,(H,24,26)/p+1/t17-/m1/s1. The number of nitrogens with one attached hydrogen (secondary N) is 2. The lowest BCUT2D eigenvalue weighted by Crippen LogP contribution is -3.08. The summed E-state index contributed by atoms with van der Waals surface area (Å²) in [6, 6.07) is 22.6. The summed E-state index contributed by atoms with van der Waals surface area (Å²) in [6.45, 7) is 3.26. The van der Waals surface area contributed by atoms with E-state index in [-0.39, 0.29) is 11.9 Å². The molecule has 0 saturated carbocycles. The molecule has 27 heavy (non-hydrogen) atoms. The zero-order chi connectivity index (χ0) is 19.2. The van der Waals surface area contributed by atoms with E-state index < -0.39 is 0 Å². The van der Waals surface area contributed by atoms with Crippen LogP contribution in [0.1, 0.15) is 24.1 Å². The number of carbonyl (C=O) groups is 1.